The molecule has 0 spiro atoms. The Morgan fingerprint density at radius 1 is 1.50 bits per heavy atom. The highest BCUT2D eigenvalue weighted by molar-refractivity contribution is 5.75. The molecule has 1 heterocycles. The van der Waals surface area contributed by atoms with E-state index >= 15 is 0 Å². The van der Waals surface area contributed by atoms with Gasteiger partial charge in [-0.05, 0) is 38.9 Å². The molecule has 0 aromatic heterocycles. The maximum Gasteiger partial charge on any atom is 0.223 e. The number of rotatable bonds is 5. The van der Waals surface area contributed by atoms with Gasteiger partial charge in [-0.3, -0.25) is 4.79 Å². The second-order valence-electron chi connectivity index (χ2n) is 4.90. The first-order chi connectivity index (χ1) is 7.63. The summed E-state index contributed by atoms with van der Waals surface area (Å²) in [6.07, 6.45) is 3.24. The van der Waals surface area contributed by atoms with Crippen LogP contribution in [0.25, 0.3) is 0 Å². The van der Waals surface area contributed by atoms with Gasteiger partial charge in [0, 0.05) is 33.6 Å². The van der Waals surface area contributed by atoms with Crippen LogP contribution >= 0.6 is 0 Å². The number of hydrogen-bond donors (Lipinski definition) is 1. The Labute approximate surface area is 99.0 Å². The summed E-state index contributed by atoms with van der Waals surface area (Å²) in [6.45, 7) is 4.30. The van der Waals surface area contributed by atoms with E-state index in [9.17, 15) is 4.79 Å². The molecule has 0 radical (unpaired) electrons. The molecule has 0 aromatic rings. The number of carbonyl (C=O) groups excluding carboxylic acids is 1. The number of nitrogens with zero attached hydrogens (tertiary/aromatic N) is 2. The Morgan fingerprint density at radius 2 is 2.25 bits per heavy atom. The van der Waals surface area contributed by atoms with Gasteiger partial charge in [0.05, 0.1) is 0 Å². The van der Waals surface area contributed by atoms with Gasteiger partial charge in [-0.25, -0.2) is 0 Å². The third-order valence-corrected chi connectivity index (χ3v) is 3.24. The van der Waals surface area contributed by atoms with E-state index in [0.29, 0.717) is 6.42 Å². The van der Waals surface area contributed by atoms with Crippen LogP contribution in [0.1, 0.15) is 19.3 Å². The fourth-order valence-electron chi connectivity index (χ4n) is 2.29. The zero-order chi connectivity index (χ0) is 12.0. The summed E-state index contributed by atoms with van der Waals surface area (Å²) in [4.78, 5) is 15.6. The number of carbonyl (C=O) groups is 1. The van der Waals surface area contributed by atoms with E-state index in [1.54, 1.807) is 4.90 Å². The summed E-state index contributed by atoms with van der Waals surface area (Å²) in [6, 6.07) is 0. The Morgan fingerprint density at radius 3 is 2.88 bits per heavy atom. The van der Waals surface area contributed by atoms with E-state index in [0.717, 1.165) is 32.1 Å². The maximum atomic E-state index is 11.5. The number of likely N-dealkylation sites (tertiary alicyclic amines) is 1. The number of nitrogens with one attached hydrogen (secondary N) is 1. The molecule has 1 rings (SSSR count). The van der Waals surface area contributed by atoms with Crippen LogP contribution in [0.4, 0.5) is 0 Å². The van der Waals surface area contributed by atoms with Crippen LogP contribution in [0.2, 0.25) is 0 Å². The van der Waals surface area contributed by atoms with E-state index in [2.05, 4.69) is 10.2 Å². The number of amides is 1. The lowest BCUT2D eigenvalue weighted by Crippen LogP contribution is -2.40. The van der Waals surface area contributed by atoms with Gasteiger partial charge in [0.2, 0.25) is 5.91 Å². The average Bonchev–Trinajstić information content (AvgIpc) is 2.26. The molecule has 1 N–H and O–H groups in total. The summed E-state index contributed by atoms with van der Waals surface area (Å²) < 4.78 is 0. The number of hydrogen-bond acceptors (Lipinski definition) is 3. The SMILES string of the molecule is CNCC1CCCN(CCC(=O)N(C)C)C1. The molecule has 1 unspecified atom stereocenters. The second kappa shape index (κ2) is 6.86. The van der Waals surface area contributed by atoms with Crippen molar-refractivity contribution in [2.45, 2.75) is 19.3 Å². The molecule has 1 aliphatic heterocycles. The zero-order valence-corrected chi connectivity index (χ0v) is 10.8. The van der Waals surface area contributed by atoms with E-state index in [4.69, 9.17) is 0 Å². The van der Waals surface area contributed by atoms with Crippen molar-refractivity contribution < 1.29 is 4.79 Å². The second-order valence-corrected chi connectivity index (χ2v) is 4.90. The first kappa shape index (κ1) is 13.5. The molecule has 0 saturated carbocycles. The van der Waals surface area contributed by atoms with Crippen molar-refractivity contribution in [2.75, 3.05) is 47.3 Å². The van der Waals surface area contributed by atoms with Crippen molar-refractivity contribution in [3.05, 3.63) is 0 Å². The fraction of sp³-hybridized carbons (Fsp3) is 0.917. The fourth-order valence-corrected chi connectivity index (χ4v) is 2.29. The molecule has 94 valence electrons. The van der Waals surface area contributed by atoms with Crippen molar-refractivity contribution in [1.29, 1.82) is 0 Å². The minimum absolute atomic E-state index is 0.232. The highest BCUT2D eigenvalue weighted by Crippen LogP contribution is 2.15. The lowest BCUT2D eigenvalue weighted by molar-refractivity contribution is -0.129. The predicted octanol–water partition coefficient (Wildman–Crippen LogP) is 0.396. The van der Waals surface area contributed by atoms with Crippen molar-refractivity contribution >= 4 is 5.91 Å². The molecular formula is C12H25N3O. The molecule has 1 atom stereocenters. The Balaban J connectivity index is 2.24. The lowest BCUT2D eigenvalue weighted by Gasteiger charge is -2.32. The average molecular weight is 227 g/mol. The van der Waals surface area contributed by atoms with E-state index in [-0.39, 0.29) is 5.91 Å². The van der Waals surface area contributed by atoms with Crippen LogP contribution in [0.3, 0.4) is 0 Å². The van der Waals surface area contributed by atoms with Gasteiger partial charge in [-0.1, -0.05) is 0 Å². The molecule has 1 aliphatic rings. The molecule has 4 nitrogen and oxygen atoms in total. The molecule has 16 heavy (non-hydrogen) atoms. The molecule has 0 bridgehead atoms. The van der Waals surface area contributed by atoms with Crippen LogP contribution in [0.5, 0.6) is 0 Å². The van der Waals surface area contributed by atoms with Gasteiger partial charge >= 0.3 is 0 Å². The Hall–Kier alpha value is -0.610. The van der Waals surface area contributed by atoms with E-state index in [1.165, 1.54) is 12.8 Å². The normalized spacial score (nSPS) is 22.1. The highest BCUT2D eigenvalue weighted by Gasteiger charge is 2.19. The minimum Gasteiger partial charge on any atom is -0.349 e. The van der Waals surface area contributed by atoms with Crippen molar-refractivity contribution in [3.63, 3.8) is 0 Å². The third kappa shape index (κ3) is 4.49. The van der Waals surface area contributed by atoms with Gasteiger partial charge in [-0.15, -0.1) is 0 Å². The van der Waals surface area contributed by atoms with Gasteiger partial charge < -0.3 is 15.1 Å². The largest absolute Gasteiger partial charge is 0.349 e. The van der Waals surface area contributed by atoms with Gasteiger partial charge in [0.1, 0.15) is 0 Å². The smallest absolute Gasteiger partial charge is 0.223 e. The van der Waals surface area contributed by atoms with Crippen LogP contribution in [0.15, 0.2) is 0 Å². The van der Waals surface area contributed by atoms with E-state index in [1.807, 2.05) is 21.1 Å². The van der Waals surface area contributed by atoms with Gasteiger partial charge in [0.15, 0.2) is 0 Å². The van der Waals surface area contributed by atoms with Crippen molar-refractivity contribution in [1.82, 2.24) is 15.1 Å². The Kier molecular flexibility index (Phi) is 5.77. The first-order valence-corrected chi connectivity index (χ1v) is 6.20. The lowest BCUT2D eigenvalue weighted by atomic mass is 9.98. The topological polar surface area (TPSA) is 35.6 Å². The molecule has 1 fully saturated rings. The summed E-state index contributed by atoms with van der Waals surface area (Å²) in [5.74, 6) is 0.990. The predicted molar refractivity (Wildman–Crippen MR) is 66.4 cm³/mol. The standard InChI is InChI=1S/C12H25N3O/c1-13-9-11-5-4-7-15(10-11)8-6-12(16)14(2)3/h11,13H,4-10H2,1-3H3. The van der Waals surface area contributed by atoms with Crippen LogP contribution < -0.4 is 5.32 Å². The van der Waals surface area contributed by atoms with Crippen LogP contribution in [0, 0.1) is 5.92 Å². The minimum atomic E-state index is 0.232. The molecule has 0 aliphatic carbocycles. The third-order valence-electron chi connectivity index (χ3n) is 3.24. The molecule has 0 aromatic carbocycles. The van der Waals surface area contributed by atoms with Crippen LogP contribution in [-0.4, -0.2) is 63.0 Å². The highest BCUT2D eigenvalue weighted by atomic mass is 16.2. The summed E-state index contributed by atoms with van der Waals surface area (Å²) in [7, 11) is 5.65. The molecule has 1 saturated heterocycles. The molecule has 4 heteroatoms. The first-order valence-electron chi connectivity index (χ1n) is 6.20. The van der Waals surface area contributed by atoms with Crippen LogP contribution in [-0.2, 0) is 4.79 Å². The van der Waals surface area contributed by atoms with Crippen molar-refractivity contribution in [3.8, 4) is 0 Å². The molecule has 1 amide bonds. The maximum absolute atomic E-state index is 11.5. The monoisotopic (exact) mass is 227 g/mol. The van der Waals surface area contributed by atoms with Gasteiger partial charge in [0.25, 0.3) is 0 Å². The summed E-state index contributed by atoms with van der Waals surface area (Å²) in [5.41, 5.74) is 0. The summed E-state index contributed by atoms with van der Waals surface area (Å²) >= 11 is 0. The quantitative estimate of drug-likeness (QED) is 0.738. The zero-order valence-electron chi connectivity index (χ0n) is 10.8. The Bertz CT molecular complexity index is 216. The number of piperidine rings is 1. The van der Waals surface area contributed by atoms with Crippen molar-refractivity contribution in [2.24, 2.45) is 5.92 Å². The summed E-state index contributed by atoms with van der Waals surface area (Å²) in [5, 5.41) is 3.24. The van der Waals surface area contributed by atoms with Gasteiger partial charge in [-0.2, -0.15) is 0 Å². The molecular weight excluding hydrogens is 202 g/mol. The van der Waals surface area contributed by atoms with E-state index < -0.39 is 0 Å².